The minimum Gasteiger partial charge on any atom is -0.198 e. The van der Waals surface area contributed by atoms with E-state index in [0.29, 0.717) is 6.42 Å². The monoisotopic (exact) mass is 377 g/mol. The molecule has 0 aliphatic rings. The van der Waals surface area contributed by atoms with Gasteiger partial charge in [0.1, 0.15) is 0 Å². The number of nitrogens with zero attached hydrogens (tertiary/aromatic N) is 1. The SMILES string of the molecule is N#CCc1csc2c(I)ccc(Br)c12. The summed E-state index contributed by atoms with van der Waals surface area (Å²) in [5.41, 5.74) is 1.12. The van der Waals surface area contributed by atoms with Gasteiger partial charge in [-0.1, -0.05) is 15.9 Å². The molecule has 1 aromatic heterocycles. The quantitative estimate of drug-likeness (QED) is 0.678. The van der Waals surface area contributed by atoms with E-state index in [1.54, 1.807) is 11.3 Å². The highest BCUT2D eigenvalue weighted by atomic mass is 127. The summed E-state index contributed by atoms with van der Waals surface area (Å²) in [6, 6.07) is 6.31. The summed E-state index contributed by atoms with van der Waals surface area (Å²) in [6.07, 6.45) is 0.485. The lowest BCUT2D eigenvalue weighted by Gasteiger charge is -1.98. The Morgan fingerprint density at radius 2 is 2.29 bits per heavy atom. The molecular weight excluding hydrogens is 373 g/mol. The Hall–Kier alpha value is -0.120. The maximum absolute atomic E-state index is 8.70. The van der Waals surface area contributed by atoms with Gasteiger partial charge in [0.15, 0.2) is 0 Å². The molecule has 0 saturated heterocycles. The van der Waals surface area contributed by atoms with Crippen LogP contribution in [0.25, 0.3) is 10.1 Å². The lowest BCUT2D eigenvalue weighted by atomic mass is 10.1. The van der Waals surface area contributed by atoms with Crippen LogP contribution in [0.3, 0.4) is 0 Å². The Balaban J connectivity index is 2.78. The van der Waals surface area contributed by atoms with Crippen LogP contribution in [-0.4, -0.2) is 0 Å². The summed E-state index contributed by atoms with van der Waals surface area (Å²) in [5.74, 6) is 0. The van der Waals surface area contributed by atoms with Crippen LogP contribution < -0.4 is 0 Å². The van der Waals surface area contributed by atoms with Crippen molar-refractivity contribution in [2.45, 2.75) is 6.42 Å². The zero-order valence-electron chi connectivity index (χ0n) is 7.05. The van der Waals surface area contributed by atoms with Gasteiger partial charge in [0.2, 0.25) is 0 Å². The number of hydrogen-bond donors (Lipinski definition) is 0. The van der Waals surface area contributed by atoms with E-state index in [2.05, 4.69) is 56.0 Å². The van der Waals surface area contributed by atoms with Gasteiger partial charge in [-0.3, -0.25) is 0 Å². The van der Waals surface area contributed by atoms with E-state index in [1.807, 2.05) is 6.07 Å². The molecule has 0 saturated carbocycles. The summed E-state index contributed by atoms with van der Waals surface area (Å²) < 4.78 is 3.60. The number of hydrogen-bond acceptors (Lipinski definition) is 2. The molecule has 0 aliphatic carbocycles. The second-order valence-electron chi connectivity index (χ2n) is 2.83. The van der Waals surface area contributed by atoms with E-state index in [-0.39, 0.29) is 0 Å². The third-order valence-corrected chi connectivity index (χ3v) is 4.96. The third kappa shape index (κ3) is 1.69. The fourth-order valence-corrected chi connectivity index (χ4v) is 3.90. The lowest BCUT2D eigenvalue weighted by molar-refractivity contribution is 1.30. The van der Waals surface area contributed by atoms with Crippen LogP contribution in [0.4, 0.5) is 0 Å². The Bertz CT molecular complexity index is 527. The van der Waals surface area contributed by atoms with Gasteiger partial charge in [0, 0.05) is 18.1 Å². The van der Waals surface area contributed by atoms with E-state index in [4.69, 9.17) is 5.26 Å². The summed E-state index contributed by atoms with van der Waals surface area (Å²) in [6.45, 7) is 0. The van der Waals surface area contributed by atoms with E-state index in [0.717, 1.165) is 10.0 Å². The molecule has 0 fully saturated rings. The van der Waals surface area contributed by atoms with Crippen molar-refractivity contribution in [1.29, 1.82) is 5.26 Å². The second kappa shape index (κ2) is 4.17. The van der Waals surface area contributed by atoms with Crippen molar-refractivity contribution < 1.29 is 0 Å². The molecule has 14 heavy (non-hydrogen) atoms. The first-order valence-corrected chi connectivity index (χ1v) is 6.70. The topological polar surface area (TPSA) is 23.8 Å². The Kier molecular flexibility index (Phi) is 3.10. The average molecular weight is 378 g/mol. The second-order valence-corrected chi connectivity index (χ2v) is 5.73. The average Bonchev–Trinajstić information content (AvgIpc) is 2.58. The third-order valence-electron chi connectivity index (χ3n) is 1.97. The molecule has 4 heteroatoms. The van der Waals surface area contributed by atoms with Crippen LogP contribution in [0.2, 0.25) is 0 Å². The summed E-state index contributed by atoms with van der Waals surface area (Å²) in [4.78, 5) is 0. The number of nitriles is 1. The van der Waals surface area contributed by atoms with E-state index < -0.39 is 0 Å². The summed E-state index contributed by atoms with van der Waals surface area (Å²) >= 11 is 7.55. The highest BCUT2D eigenvalue weighted by Crippen LogP contribution is 2.35. The van der Waals surface area contributed by atoms with Crippen molar-refractivity contribution in [1.82, 2.24) is 0 Å². The zero-order valence-corrected chi connectivity index (χ0v) is 11.6. The minimum absolute atomic E-state index is 0.485. The minimum atomic E-state index is 0.485. The van der Waals surface area contributed by atoms with E-state index >= 15 is 0 Å². The van der Waals surface area contributed by atoms with Gasteiger partial charge < -0.3 is 0 Å². The standard InChI is InChI=1S/C10H5BrINS/c11-7-1-2-8(12)10-9(7)6(3-4-13)5-14-10/h1-2,5H,3H2. The molecule has 0 amide bonds. The molecule has 2 aromatic rings. The Labute approximate surface area is 108 Å². The van der Waals surface area contributed by atoms with Crippen molar-refractivity contribution >= 4 is 59.9 Å². The molecule has 70 valence electrons. The summed E-state index contributed by atoms with van der Waals surface area (Å²) in [7, 11) is 0. The largest absolute Gasteiger partial charge is 0.198 e. The van der Waals surface area contributed by atoms with Gasteiger partial charge >= 0.3 is 0 Å². The number of benzene rings is 1. The summed E-state index contributed by atoms with van der Waals surface area (Å²) in [5, 5.41) is 12.0. The van der Waals surface area contributed by atoms with Crippen molar-refractivity contribution in [2.75, 3.05) is 0 Å². The lowest BCUT2D eigenvalue weighted by Crippen LogP contribution is -1.80. The maximum Gasteiger partial charge on any atom is 0.0670 e. The van der Waals surface area contributed by atoms with Crippen LogP contribution in [0.5, 0.6) is 0 Å². The molecule has 0 radical (unpaired) electrons. The number of thiophene rings is 1. The molecule has 0 spiro atoms. The van der Waals surface area contributed by atoms with Gasteiger partial charge in [-0.15, -0.1) is 11.3 Å². The first-order valence-electron chi connectivity index (χ1n) is 3.95. The first kappa shape index (κ1) is 10.4. The van der Waals surface area contributed by atoms with Crippen LogP contribution in [0.15, 0.2) is 22.0 Å². The molecule has 1 aromatic carbocycles. The van der Waals surface area contributed by atoms with Gasteiger partial charge in [-0.25, -0.2) is 0 Å². The first-order chi connectivity index (χ1) is 6.74. The van der Waals surface area contributed by atoms with Crippen LogP contribution in [0.1, 0.15) is 5.56 Å². The molecule has 1 heterocycles. The number of rotatable bonds is 1. The van der Waals surface area contributed by atoms with Gasteiger partial charge in [-0.05, 0) is 45.7 Å². The van der Waals surface area contributed by atoms with Crippen molar-refractivity contribution in [2.24, 2.45) is 0 Å². The van der Waals surface area contributed by atoms with Crippen molar-refractivity contribution in [3.63, 3.8) is 0 Å². The van der Waals surface area contributed by atoms with Gasteiger partial charge in [-0.2, -0.15) is 5.26 Å². The number of halogens is 2. The molecule has 0 bridgehead atoms. The normalized spacial score (nSPS) is 10.4. The molecular formula is C10H5BrINS. The predicted octanol–water partition coefficient (Wildman–Crippen LogP) is 4.33. The zero-order chi connectivity index (χ0) is 10.1. The Morgan fingerprint density at radius 3 is 3.00 bits per heavy atom. The predicted molar refractivity (Wildman–Crippen MR) is 71.6 cm³/mol. The molecule has 2 rings (SSSR count). The Morgan fingerprint density at radius 1 is 1.50 bits per heavy atom. The number of fused-ring (bicyclic) bond motifs is 1. The van der Waals surface area contributed by atoms with Crippen LogP contribution in [0, 0.1) is 14.9 Å². The fraction of sp³-hybridized carbons (Fsp3) is 0.100. The molecule has 0 atom stereocenters. The van der Waals surface area contributed by atoms with E-state index in [9.17, 15) is 0 Å². The molecule has 1 nitrogen and oxygen atoms in total. The molecule has 0 unspecified atom stereocenters. The highest BCUT2D eigenvalue weighted by molar-refractivity contribution is 14.1. The highest BCUT2D eigenvalue weighted by Gasteiger charge is 2.09. The van der Waals surface area contributed by atoms with E-state index in [1.165, 1.54) is 13.7 Å². The maximum atomic E-state index is 8.70. The molecule has 0 aliphatic heterocycles. The van der Waals surface area contributed by atoms with Crippen molar-refractivity contribution in [3.8, 4) is 6.07 Å². The molecule has 0 N–H and O–H groups in total. The van der Waals surface area contributed by atoms with Gasteiger partial charge in [0.25, 0.3) is 0 Å². The van der Waals surface area contributed by atoms with Crippen LogP contribution >= 0.6 is 49.9 Å². The fourth-order valence-electron chi connectivity index (χ4n) is 1.35. The van der Waals surface area contributed by atoms with Gasteiger partial charge in [0.05, 0.1) is 12.5 Å². The van der Waals surface area contributed by atoms with Crippen LogP contribution in [-0.2, 0) is 6.42 Å². The smallest absolute Gasteiger partial charge is 0.0670 e. The van der Waals surface area contributed by atoms with Crippen molar-refractivity contribution in [3.05, 3.63) is 31.1 Å².